The van der Waals surface area contributed by atoms with Gasteiger partial charge in [-0.05, 0) is 53.0 Å². The molecule has 16 N–H and O–H groups in total. The highest BCUT2D eigenvalue weighted by Gasteiger charge is 2.36. The normalized spacial score (nSPS) is 25.7. The van der Waals surface area contributed by atoms with Gasteiger partial charge in [-0.15, -0.1) is 0 Å². The molecule has 0 aliphatic carbocycles. The predicted octanol–water partition coefficient (Wildman–Crippen LogP) is -4.11. The van der Waals surface area contributed by atoms with Crippen LogP contribution in [0.4, 0.5) is 0 Å². The molecule has 0 spiro atoms. The summed E-state index contributed by atoms with van der Waals surface area (Å²) in [6, 6.07) is -11.9. The number of hydrogen-bond acceptors (Lipinski definition) is 16. The first-order valence-electron chi connectivity index (χ1n) is 23.8. The zero-order chi connectivity index (χ0) is 52.1. The molecule has 0 aromatic carbocycles. The van der Waals surface area contributed by atoms with Gasteiger partial charge < -0.3 is 79.2 Å². The Hall–Kier alpha value is -5.50. The van der Waals surface area contributed by atoms with E-state index in [-0.39, 0.29) is 25.8 Å². The van der Waals surface area contributed by atoms with Crippen molar-refractivity contribution in [1.82, 2.24) is 42.5 Å². The average Bonchev–Trinajstić information content (AvgIpc) is 3.28. The molecule has 9 amide bonds. The van der Waals surface area contributed by atoms with Crippen LogP contribution < -0.4 is 54.0 Å². The molecular formula is C44H78N10O15. The maximum atomic E-state index is 13.6. The molecule has 10 atom stereocenters. The van der Waals surface area contributed by atoms with E-state index in [1.165, 1.54) is 39.0 Å². The van der Waals surface area contributed by atoms with E-state index < -0.39 is 152 Å². The van der Waals surface area contributed by atoms with Crippen LogP contribution in [0, 0.1) is 0 Å². The second-order valence-electron chi connectivity index (χ2n) is 17.3. The second kappa shape index (κ2) is 33.9. The van der Waals surface area contributed by atoms with E-state index in [1.54, 1.807) is 0 Å². The molecule has 0 radical (unpaired) electrons. The zero-order valence-electron chi connectivity index (χ0n) is 40.3. The topological polar surface area (TPSA) is 409 Å². The van der Waals surface area contributed by atoms with Crippen LogP contribution in [-0.2, 0) is 52.7 Å². The Morgan fingerprint density at radius 3 is 1.54 bits per heavy atom. The van der Waals surface area contributed by atoms with Gasteiger partial charge in [0.05, 0.1) is 38.3 Å². The van der Waals surface area contributed by atoms with Crippen molar-refractivity contribution < 1.29 is 73.1 Å². The molecule has 0 saturated carbocycles. The number of unbranched alkanes of at least 4 members (excludes halogenated alkanes) is 10. The maximum Gasteiger partial charge on any atom is 0.325 e. The van der Waals surface area contributed by atoms with E-state index in [2.05, 4.69) is 49.5 Å². The molecule has 69 heavy (non-hydrogen) atoms. The zero-order valence-corrected chi connectivity index (χ0v) is 40.3. The molecule has 1 rings (SSSR count). The van der Waals surface area contributed by atoms with Crippen molar-refractivity contribution in [2.75, 3.05) is 26.3 Å². The van der Waals surface area contributed by atoms with Gasteiger partial charge in [-0.2, -0.15) is 0 Å². The molecular weight excluding hydrogens is 909 g/mol. The highest BCUT2D eigenvalue weighted by molar-refractivity contribution is 5.99. The standard InChI is InChI=1S/C44H78N10O15/c1-5-6-7-8-9-10-11-12-13-14-15-17-28-20-34(60)48-25(2)38(62)49-29(18-16-19-45)39(63)54-37(27(4)58)44(68)52-32(24-56)42(66)51-31(23-55)41(65)50-30(21-33(46)59)40(64)53-36(26(3)57)43(67)47-22-35(61)69-28/h25-32,36-37,55-58H,5-24,45H2,1-4H3,(H2,46,59)(H,47,67)(H,48,60)(H,49,62)(H,50,65)(H,51,66)(H,52,68)(H,53,64)(H,54,63). The molecule has 25 heteroatoms. The van der Waals surface area contributed by atoms with Crippen molar-refractivity contribution in [2.24, 2.45) is 11.5 Å². The fourth-order valence-corrected chi connectivity index (χ4v) is 7.12. The second-order valence-corrected chi connectivity index (χ2v) is 17.3. The van der Waals surface area contributed by atoms with Gasteiger partial charge in [0.25, 0.3) is 0 Å². The summed E-state index contributed by atoms with van der Waals surface area (Å²) in [5, 5.41) is 58.9. The molecule has 1 saturated heterocycles. The molecule has 25 nitrogen and oxygen atoms in total. The van der Waals surface area contributed by atoms with Gasteiger partial charge in [-0.25, -0.2) is 0 Å². The number of hydrogen-bond donors (Lipinski definition) is 14. The van der Waals surface area contributed by atoms with Gasteiger partial charge in [0.15, 0.2) is 0 Å². The van der Waals surface area contributed by atoms with E-state index in [9.17, 15) is 68.4 Å². The number of aliphatic hydroxyl groups is 4. The SMILES string of the molecule is CCCCCCCCCCCCCC1CC(=O)NC(C)C(=O)NC(CCCN)C(=O)NC(C(C)O)C(=O)NC(CO)C(=O)NC(CO)C(=O)NC(CC(N)=O)C(=O)NC(C(C)O)C(=O)NCC(=O)O1. The molecule has 1 aliphatic rings. The monoisotopic (exact) mass is 987 g/mol. The Morgan fingerprint density at radius 2 is 1.04 bits per heavy atom. The molecule has 1 heterocycles. The van der Waals surface area contributed by atoms with Gasteiger partial charge in [0.1, 0.15) is 54.9 Å². The Kier molecular flexibility index (Phi) is 30.2. The Morgan fingerprint density at radius 1 is 0.594 bits per heavy atom. The van der Waals surface area contributed by atoms with Crippen LogP contribution in [0.2, 0.25) is 0 Å². The average molecular weight is 987 g/mol. The number of primary amides is 1. The predicted molar refractivity (Wildman–Crippen MR) is 247 cm³/mol. The third-order valence-electron chi connectivity index (χ3n) is 11.1. The fraction of sp³-hybridized carbons (Fsp3) is 0.773. The third kappa shape index (κ3) is 24.6. The van der Waals surface area contributed by atoms with Crippen molar-refractivity contribution in [2.45, 2.75) is 191 Å². The van der Waals surface area contributed by atoms with Gasteiger partial charge >= 0.3 is 5.97 Å². The Balaban J connectivity index is 3.53. The third-order valence-corrected chi connectivity index (χ3v) is 11.1. The first kappa shape index (κ1) is 61.5. The maximum absolute atomic E-state index is 13.6. The minimum Gasteiger partial charge on any atom is -0.461 e. The van der Waals surface area contributed by atoms with E-state index in [0.717, 1.165) is 46.0 Å². The van der Waals surface area contributed by atoms with E-state index >= 15 is 0 Å². The highest BCUT2D eigenvalue weighted by Crippen LogP contribution is 2.15. The highest BCUT2D eigenvalue weighted by atomic mass is 16.5. The molecule has 10 unspecified atom stereocenters. The molecule has 0 aromatic rings. The lowest BCUT2D eigenvalue weighted by atomic mass is 10.0. The molecule has 1 aliphatic heterocycles. The van der Waals surface area contributed by atoms with Crippen LogP contribution in [0.25, 0.3) is 0 Å². The molecule has 1 fully saturated rings. The van der Waals surface area contributed by atoms with E-state index in [1.807, 2.05) is 0 Å². The van der Waals surface area contributed by atoms with E-state index in [0.29, 0.717) is 6.42 Å². The number of esters is 1. The van der Waals surface area contributed by atoms with E-state index in [4.69, 9.17) is 16.2 Å². The smallest absolute Gasteiger partial charge is 0.325 e. The van der Waals surface area contributed by atoms with Crippen molar-refractivity contribution in [3.63, 3.8) is 0 Å². The summed E-state index contributed by atoms with van der Waals surface area (Å²) < 4.78 is 5.60. The van der Waals surface area contributed by atoms with Crippen molar-refractivity contribution in [3.8, 4) is 0 Å². The van der Waals surface area contributed by atoms with Crippen molar-refractivity contribution in [3.05, 3.63) is 0 Å². The summed E-state index contributed by atoms with van der Waals surface area (Å²) in [5.74, 6) is -10.8. The summed E-state index contributed by atoms with van der Waals surface area (Å²) in [7, 11) is 0. The number of amides is 9. The lowest BCUT2D eigenvalue weighted by Crippen LogP contribution is -2.63. The minimum absolute atomic E-state index is 0.0669. The summed E-state index contributed by atoms with van der Waals surface area (Å²) in [6.45, 7) is 2.74. The number of nitrogens with two attached hydrogens (primary N) is 2. The van der Waals surface area contributed by atoms with Gasteiger partial charge in [0.2, 0.25) is 53.2 Å². The quantitative estimate of drug-likeness (QED) is 0.0384. The summed E-state index contributed by atoms with van der Waals surface area (Å²) in [5.41, 5.74) is 11.0. The number of carbonyl (C=O) groups excluding carboxylic acids is 10. The first-order valence-corrected chi connectivity index (χ1v) is 23.8. The number of carbonyl (C=O) groups is 10. The number of cyclic esters (lactones) is 1. The number of ether oxygens (including phenoxy) is 1. The van der Waals surface area contributed by atoms with Crippen LogP contribution in [0.1, 0.15) is 130 Å². The van der Waals surface area contributed by atoms with Crippen molar-refractivity contribution >= 4 is 59.1 Å². The molecule has 0 aromatic heterocycles. The lowest BCUT2D eigenvalue weighted by Gasteiger charge is -2.28. The fourth-order valence-electron chi connectivity index (χ4n) is 7.12. The number of rotatable bonds is 21. The Labute approximate surface area is 402 Å². The van der Waals surface area contributed by atoms with Crippen molar-refractivity contribution in [1.29, 1.82) is 0 Å². The first-order chi connectivity index (χ1) is 32.7. The van der Waals surface area contributed by atoms with Crippen LogP contribution in [0.15, 0.2) is 0 Å². The van der Waals surface area contributed by atoms with Gasteiger partial charge in [0, 0.05) is 0 Å². The molecule has 0 bridgehead atoms. The summed E-state index contributed by atoms with van der Waals surface area (Å²) >= 11 is 0. The Bertz CT molecular complexity index is 1690. The van der Waals surface area contributed by atoms with Crippen LogP contribution >= 0.6 is 0 Å². The van der Waals surface area contributed by atoms with Gasteiger partial charge in [-0.1, -0.05) is 71.1 Å². The van der Waals surface area contributed by atoms with Gasteiger partial charge in [-0.3, -0.25) is 47.9 Å². The lowest BCUT2D eigenvalue weighted by molar-refractivity contribution is -0.151. The summed E-state index contributed by atoms with van der Waals surface area (Å²) in [6.07, 6.45) is 6.11. The largest absolute Gasteiger partial charge is 0.461 e. The van der Waals surface area contributed by atoms with Crippen LogP contribution in [0.5, 0.6) is 0 Å². The number of nitrogens with one attached hydrogen (secondary N) is 8. The van der Waals surface area contributed by atoms with Crippen LogP contribution in [0.3, 0.4) is 0 Å². The minimum atomic E-state index is -1.91. The number of aliphatic hydroxyl groups excluding tert-OH is 4. The summed E-state index contributed by atoms with van der Waals surface area (Å²) in [4.78, 5) is 132. The van der Waals surface area contributed by atoms with Crippen LogP contribution in [-0.4, -0.2) is 166 Å². The molecule has 394 valence electrons.